The first-order chi connectivity index (χ1) is 15.8. The Hall–Kier alpha value is -3.00. The van der Waals surface area contributed by atoms with Crippen molar-refractivity contribution in [1.29, 1.82) is 0 Å². The first-order valence-electron chi connectivity index (χ1n) is 10.8. The lowest BCUT2D eigenvalue weighted by molar-refractivity contribution is -0.210. The molecule has 1 heterocycles. The van der Waals surface area contributed by atoms with Crippen LogP contribution in [0.25, 0.3) is 22.8 Å². The van der Waals surface area contributed by atoms with Gasteiger partial charge in [0, 0.05) is 17.5 Å². The van der Waals surface area contributed by atoms with E-state index in [0.29, 0.717) is 27.6 Å². The Kier molecular flexibility index (Phi) is 7.31. The Labute approximate surface area is 200 Å². The molecule has 34 heavy (non-hydrogen) atoms. The van der Waals surface area contributed by atoms with Crippen LogP contribution in [0.4, 0.5) is 13.2 Å². The highest BCUT2D eigenvalue weighted by Crippen LogP contribution is 2.39. The number of nitrogens with zero attached hydrogens (tertiary/aromatic N) is 2. The number of ketones is 1. The number of carbonyl (C=O) groups is 1. The van der Waals surface area contributed by atoms with E-state index in [0.717, 1.165) is 19.4 Å². The summed E-state index contributed by atoms with van der Waals surface area (Å²) in [7, 11) is 0. The summed E-state index contributed by atoms with van der Waals surface area (Å²) in [6, 6.07) is 12.3. The molecule has 180 valence electrons. The van der Waals surface area contributed by atoms with Crippen LogP contribution in [0.1, 0.15) is 51.2 Å². The van der Waals surface area contributed by atoms with E-state index < -0.39 is 23.1 Å². The molecule has 3 aromatic rings. The fourth-order valence-corrected chi connectivity index (χ4v) is 3.50. The van der Waals surface area contributed by atoms with E-state index in [9.17, 15) is 22.8 Å². The van der Waals surface area contributed by atoms with E-state index >= 15 is 0 Å². The molecule has 0 atom stereocenters. The highest BCUT2D eigenvalue weighted by atomic mass is 35.5. The number of H-pyrrole nitrogens is 1. The van der Waals surface area contributed by atoms with Crippen LogP contribution in [0.3, 0.4) is 0 Å². The molecule has 0 fully saturated rings. The van der Waals surface area contributed by atoms with Gasteiger partial charge >= 0.3 is 11.9 Å². The molecule has 1 N–H and O–H groups in total. The van der Waals surface area contributed by atoms with Crippen LogP contribution in [0.2, 0.25) is 5.02 Å². The van der Waals surface area contributed by atoms with Gasteiger partial charge in [-0.2, -0.15) is 18.2 Å². The van der Waals surface area contributed by atoms with Gasteiger partial charge in [-0.3, -0.25) is 9.78 Å². The number of alkyl halides is 3. The minimum Gasteiger partial charge on any atom is -0.299 e. The fraction of sp³-hybridized carbons (Fsp3) is 0.360. The molecule has 0 spiro atoms. The molecule has 1 aromatic heterocycles. The van der Waals surface area contributed by atoms with Crippen LogP contribution in [-0.4, -0.2) is 26.9 Å². The monoisotopic (exact) mass is 491 g/mol. The Morgan fingerprint density at radius 2 is 1.71 bits per heavy atom. The lowest BCUT2D eigenvalue weighted by Gasteiger charge is -2.26. The van der Waals surface area contributed by atoms with Gasteiger partial charge < -0.3 is 0 Å². The summed E-state index contributed by atoms with van der Waals surface area (Å²) in [6.45, 7) is 5.90. The van der Waals surface area contributed by atoms with E-state index in [1.165, 1.54) is 0 Å². The van der Waals surface area contributed by atoms with Gasteiger partial charge in [-0.05, 0) is 49.4 Å². The zero-order chi connectivity index (χ0) is 25.3. The second kappa shape index (κ2) is 9.70. The number of Topliss-reactive ketones (excluding diaryl/α,β-unsaturated/α-hetero) is 1. The molecule has 0 saturated carbocycles. The molecule has 3 rings (SSSR count). The van der Waals surface area contributed by atoms with Gasteiger partial charge in [0.25, 0.3) is 0 Å². The molecule has 0 unspecified atom stereocenters. The SMILES string of the molecule is CC(C)c1ccc(-c2nc(-c3cc(CCC(=O)C(C)(C)C(F)(F)F)ccc3Cl)[nH]c(=O)n2)cc1. The topological polar surface area (TPSA) is 75.7 Å². The van der Waals surface area contributed by atoms with E-state index in [1.54, 1.807) is 18.2 Å². The average molecular weight is 492 g/mol. The summed E-state index contributed by atoms with van der Waals surface area (Å²) in [5, 5.41) is 0.293. The molecule has 2 aromatic carbocycles. The second-order valence-electron chi connectivity index (χ2n) is 8.96. The number of aryl methyl sites for hydroxylation is 1. The summed E-state index contributed by atoms with van der Waals surface area (Å²) in [5.41, 5.74) is -0.275. The largest absolute Gasteiger partial charge is 0.400 e. The predicted octanol–water partition coefficient (Wildman–Crippen LogP) is 6.37. The number of carbonyl (C=O) groups excluding carboxylic acids is 1. The van der Waals surface area contributed by atoms with E-state index in [1.807, 2.05) is 24.3 Å². The lowest BCUT2D eigenvalue weighted by atomic mass is 9.84. The summed E-state index contributed by atoms with van der Waals surface area (Å²) in [4.78, 5) is 35.4. The number of aromatic amines is 1. The third-order valence-electron chi connectivity index (χ3n) is 5.82. The zero-order valence-electron chi connectivity index (χ0n) is 19.3. The molecule has 0 aliphatic rings. The first-order valence-corrected chi connectivity index (χ1v) is 11.1. The van der Waals surface area contributed by atoms with Crippen LogP contribution < -0.4 is 5.69 Å². The maximum absolute atomic E-state index is 13.1. The molecule has 0 bridgehead atoms. The van der Waals surface area contributed by atoms with Gasteiger partial charge in [-0.15, -0.1) is 0 Å². The summed E-state index contributed by atoms with van der Waals surface area (Å²) < 4.78 is 39.4. The van der Waals surface area contributed by atoms with Crippen molar-refractivity contribution < 1.29 is 18.0 Å². The van der Waals surface area contributed by atoms with Gasteiger partial charge in [0.1, 0.15) is 17.0 Å². The Morgan fingerprint density at radius 3 is 2.29 bits per heavy atom. The maximum Gasteiger partial charge on any atom is 0.400 e. The average Bonchev–Trinajstić information content (AvgIpc) is 2.77. The third-order valence-corrected chi connectivity index (χ3v) is 6.15. The Balaban J connectivity index is 1.90. The third kappa shape index (κ3) is 5.55. The number of hydrogen-bond donors (Lipinski definition) is 1. The highest BCUT2D eigenvalue weighted by Gasteiger charge is 2.51. The number of halogens is 4. The Bertz CT molecular complexity index is 1250. The van der Waals surface area contributed by atoms with Crippen molar-refractivity contribution in [1.82, 2.24) is 15.0 Å². The summed E-state index contributed by atoms with van der Waals surface area (Å²) in [6.07, 6.45) is -4.83. The van der Waals surface area contributed by atoms with Gasteiger partial charge in [-0.25, -0.2) is 9.78 Å². The van der Waals surface area contributed by atoms with E-state index in [-0.39, 0.29) is 24.5 Å². The lowest BCUT2D eigenvalue weighted by Crippen LogP contribution is -2.39. The van der Waals surface area contributed by atoms with Crippen LogP contribution in [0, 0.1) is 5.41 Å². The van der Waals surface area contributed by atoms with Crippen molar-refractivity contribution in [2.75, 3.05) is 0 Å². The molecule has 0 amide bonds. The number of nitrogens with one attached hydrogen (secondary N) is 1. The molecule has 5 nitrogen and oxygen atoms in total. The van der Waals surface area contributed by atoms with Crippen LogP contribution in [-0.2, 0) is 11.2 Å². The molecule has 0 aliphatic carbocycles. The van der Waals surface area contributed by atoms with Crippen molar-refractivity contribution in [2.24, 2.45) is 5.41 Å². The van der Waals surface area contributed by atoms with Gasteiger partial charge in [0.15, 0.2) is 5.82 Å². The fourth-order valence-electron chi connectivity index (χ4n) is 3.30. The second-order valence-corrected chi connectivity index (χ2v) is 9.37. The summed E-state index contributed by atoms with van der Waals surface area (Å²) in [5.74, 6) is -0.159. The molecule has 0 aliphatic heterocycles. The van der Waals surface area contributed by atoms with Crippen molar-refractivity contribution >= 4 is 17.4 Å². The van der Waals surface area contributed by atoms with Gasteiger partial charge in [0.2, 0.25) is 0 Å². The number of hydrogen-bond acceptors (Lipinski definition) is 4. The molecular weight excluding hydrogens is 467 g/mol. The summed E-state index contributed by atoms with van der Waals surface area (Å²) >= 11 is 6.33. The minimum absolute atomic E-state index is 0.0847. The van der Waals surface area contributed by atoms with Crippen molar-refractivity contribution in [3.63, 3.8) is 0 Å². The van der Waals surface area contributed by atoms with Crippen LogP contribution >= 0.6 is 11.6 Å². The van der Waals surface area contributed by atoms with Crippen molar-refractivity contribution in [3.8, 4) is 22.8 Å². The molecule has 0 radical (unpaired) electrons. The molecule has 0 saturated heterocycles. The number of rotatable bonds is 7. The zero-order valence-corrected chi connectivity index (χ0v) is 20.0. The van der Waals surface area contributed by atoms with Gasteiger partial charge in [0.05, 0.1) is 5.02 Å². The normalized spacial score (nSPS) is 12.3. The highest BCUT2D eigenvalue weighted by molar-refractivity contribution is 6.33. The van der Waals surface area contributed by atoms with Crippen LogP contribution in [0.5, 0.6) is 0 Å². The number of aromatic nitrogens is 3. The first kappa shape index (κ1) is 25.6. The van der Waals surface area contributed by atoms with Crippen molar-refractivity contribution in [2.45, 2.75) is 52.6 Å². The van der Waals surface area contributed by atoms with Crippen LogP contribution in [0.15, 0.2) is 47.3 Å². The Morgan fingerprint density at radius 1 is 1.06 bits per heavy atom. The quantitative estimate of drug-likeness (QED) is 0.417. The van der Waals surface area contributed by atoms with E-state index in [4.69, 9.17) is 11.6 Å². The smallest absolute Gasteiger partial charge is 0.299 e. The molecule has 9 heteroatoms. The minimum atomic E-state index is -4.63. The van der Waals surface area contributed by atoms with E-state index in [2.05, 4.69) is 28.8 Å². The molecular formula is C25H25ClF3N3O2. The standard InChI is InChI=1S/C25H25ClF3N3O2/c1-14(2)16-7-9-17(10-8-16)21-30-22(32-23(34)31-21)18-13-15(5-11-19(18)26)6-12-20(33)24(3,4)25(27,28)29/h5,7-11,13-14H,6,12H2,1-4H3,(H,30,31,32,34). The van der Waals surface area contributed by atoms with Gasteiger partial charge in [-0.1, -0.05) is 55.8 Å². The van der Waals surface area contributed by atoms with Crippen molar-refractivity contribution in [3.05, 3.63) is 69.1 Å². The number of benzene rings is 2. The predicted molar refractivity (Wildman–Crippen MR) is 126 cm³/mol. The maximum atomic E-state index is 13.1.